The maximum Gasteiger partial charge on any atom is 0.417 e. The van der Waals surface area contributed by atoms with Crippen molar-refractivity contribution in [3.63, 3.8) is 0 Å². The minimum Gasteiger partial charge on any atom is -0.369 e. The van der Waals surface area contributed by atoms with Crippen molar-refractivity contribution < 1.29 is 13.2 Å². The molecule has 0 spiro atoms. The first kappa shape index (κ1) is 15.6. The van der Waals surface area contributed by atoms with Crippen molar-refractivity contribution in [2.24, 2.45) is 5.73 Å². The Morgan fingerprint density at radius 2 is 1.80 bits per heavy atom. The van der Waals surface area contributed by atoms with Crippen molar-refractivity contribution in [2.75, 3.05) is 44.2 Å². The summed E-state index contributed by atoms with van der Waals surface area (Å²) in [6.45, 7) is 4.54. The standard InChI is InChI=1S/C13H17BrF3N3/c14-12-2-1-10(9-11(12)13(15,16)17)20-7-5-19(4-3-18)6-8-20/h1-2,9H,3-8,18H2. The van der Waals surface area contributed by atoms with Gasteiger partial charge in [0.15, 0.2) is 0 Å². The summed E-state index contributed by atoms with van der Waals surface area (Å²) in [4.78, 5) is 4.20. The van der Waals surface area contributed by atoms with E-state index in [1.807, 2.05) is 4.90 Å². The van der Waals surface area contributed by atoms with Crippen LogP contribution < -0.4 is 10.6 Å². The number of halogens is 4. The molecule has 0 radical (unpaired) electrons. The molecule has 1 aliphatic rings. The van der Waals surface area contributed by atoms with Crippen LogP contribution in [-0.2, 0) is 6.18 Å². The number of anilines is 1. The molecule has 1 heterocycles. The van der Waals surface area contributed by atoms with E-state index in [-0.39, 0.29) is 4.47 Å². The van der Waals surface area contributed by atoms with Crippen molar-refractivity contribution >= 4 is 21.6 Å². The van der Waals surface area contributed by atoms with Crippen molar-refractivity contribution in [2.45, 2.75) is 6.18 Å². The van der Waals surface area contributed by atoms with E-state index in [2.05, 4.69) is 20.8 Å². The summed E-state index contributed by atoms with van der Waals surface area (Å²) in [5.41, 5.74) is 5.50. The summed E-state index contributed by atoms with van der Waals surface area (Å²) >= 11 is 2.96. The Morgan fingerprint density at radius 3 is 2.35 bits per heavy atom. The fourth-order valence-electron chi connectivity index (χ4n) is 2.34. The molecule has 1 aliphatic heterocycles. The van der Waals surface area contributed by atoms with Gasteiger partial charge in [-0.25, -0.2) is 0 Å². The van der Waals surface area contributed by atoms with Gasteiger partial charge in [-0.15, -0.1) is 0 Å². The second-order valence-corrected chi connectivity index (χ2v) is 5.63. The van der Waals surface area contributed by atoms with Gasteiger partial charge in [0.05, 0.1) is 5.56 Å². The van der Waals surface area contributed by atoms with Crippen molar-refractivity contribution in [1.82, 2.24) is 4.90 Å². The predicted molar refractivity (Wildman–Crippen MR) is 76.9 cm³/mol. The average Bonchev–Trinajstić information content (AvgIpc) is 2.39. The quantitative estimate of drug-likeness (QED) is 0.908. The first-order valence-corrected chi connectivity index (χ1v) is 7.25. The van der Waals surface area contributed by atoms with E-state index in [0.29, 0.717) is 12.2 Å². The zero-order chi connectivity index (χ0) is 14.8. The predicted octanol–water partition coefficient (Wildman–Crippen LogP) is 2.55. The monoisotopic (exact) mass is 351 g/mol. The molecular formula is C13H17BrF3N3. The SMILES string of the molecule is NCCN1CCN(c2ccc(Br)c(C(F)(F)F)c2)CC1. The van der Waals surface area contributed by atoms with E-state index in [9.17, 15) is 13.2 Å². The van der Waals surface area contributed by atoms with Crippen LogP contribution in [0.25, 0.3) is 0 Å². The number of hydrogen-bond acceptors (Lipinski definition) is 3. The molecule has 0 atom stereocenters. The Labute approximate surface area is 124 Å². The largest absolute Gasteiger partial charge is 0.417 e. The molecule has 3 nitrogen and oxygen atoms in total. The van der Waals surface area contributed by atoms with Crippen LogP contribution in [0.1, 0.15) is 5.56 Å². The number of piperazine rings is 1. The third-order valence-electron chi connectivity index (χ3n) is 3.44. The van der Waals surface area contributed by atoms with Gasteiger partial charge in [0, 0.05) is 49.4 Å². The van der Waals surface area contributed by atoms with Crippen LogP contribution in [0.3, 0.4) is 0 Å². The number of rotatable bonds is 3. The Balaban J connectivity index is 2.11. The zero-order valence-electron chi connectivity index (χ0n) is 11.0. The summed E-state index contributed by atoms with van der Waals surface area (Å²) < 4.78 is 38.7. The Bertz CT molecular complexity index is 457. The van der Waals surface area contributed by atoms with Gasteiger partial charge in [0.1, 0.15) is 0 Å². The highest BCUT2D eigenvalue weighted by Crippen LogP contribution is 2.37. The van der Waals surface area contributed by atoms with Gasteiger partial charge >= 0.3 is 6.18 Å². The molecule has 0 bridgehead atoms. The minimum atomic E-state index is -4.34. The van der Waals surface area contributed by atoms with Gasteiger partial charge in [-0.3, -0.25) is 4.90 Å². The first-order valence-electron chi connectivity index (χ1n) is 6.46. The molecule has 0 unspecified atom stereocenters. The molecule has 112 valence electrons. The third kappa shape index (κ3) is 3.65. The average molecular weight is 352 g/mol. The number of nitrogens with two attached hydrogens (primary N) is 1. The number of benzene rings is 1. The van der Waals surface area contributed by atoms with Crippen LogP contribution in [0.2, 0.25) is 0 Å². The van der Waals surface area contributed by atoms with Gasteiger partial charge < -0.3 is 10.6 Å². The summed E-state index contributed by atoms with van der Waals surface area (Å²) in [6.07, 6.45) is -4.34. The molecule has 0 saturated carbocycles. The van der Waals surface area contributed by atoms with E-state index >= 15 is 0 Å². The van der Waals surface area contributed by atoms with Gasteiger partial charge in [0.25, 0.3) is 0 Å². The summed E-state index contributed by atoms with van der Waals surface area (Å²) in [7, 11) is 0. The van der Waals surface area contributed by atoms with Gasteiger partial charge in [-0.05, 0) is 18.2 Å². The molecule has 2 N–H and O–H groups in total. The number of hydrogen-bond donors (Lipinski definition) is 1. The molecule has 0 aromatic heterocycles. The molecule has 2 rings (SSSR count). The highest BCUT2D eigenvalue weighted by Gasteiger charge is 2.33. The molecule has 7 heteroatoms. The van der Waals surface area contributed by atoms with E-state index in [1.54, 1.807) is 6.07 Å². The van der Waals surface area contributed by atoms with Crippen LogP contribution in [-0.4, -0.2) is 44.2 Å². The lowest BCUT2D eigenvalue weighted by Gasteiger charge is -2.36. The molecule has 1 fully saturated rings. The van der Waals surface area contributed by atoms with Crippen molar-refractivity contribution in [3.8, 4) is 0 Å². The molecule has 1 aromatic carbocycles. The summed E-state index contributed by atoms with van der Waals surface area (Å²) in [5, 5.41) is 0. The second-order valence-electron chi connectivity index (χ2n) is 4.78. The third-order valence-corrected chi connectivity index (χ3v) is 4.13. The highest BCUT2D eigenvalue weighted by molar-refractivity contribution is 9.10. The van der Waals surface area contributed by atoms with Gasteiger partial charge in [-0.2, -0.15) is 13.2 Å². The number of nitrogens with zero attached hydrogens (tertiary/aromatic N) is 2. The van der Waals surface area contributed by atoms with Crippen LogP contribution >= 0.6 is 15.9 Å². The molecule has 0 amide bonds. The molecule has 1 saturated heterocycles. The highest BCUT2D eigenvalue weighted by atomic mass is 79.9. The van der Waals surface area contributed by atoms with Crippen LogP contribution in [0.15, 0.2) is 22.7 Å². The van der Waals surface area contributed by atoms with E-state index in [0.717, 1.165) is 32.7 Å². The van der Waals surface area contributed by atoms with Crippen LogP contribution in [0.4, 0.5) is 18.9 Å². The maximum atomic E-state index is 12.9. The molecule has 1 aromatic rings. The lowest BCUT2D eigenvalue weighted by atomic mass is 10.1. The normalized spacial score (nSPS) is 17.6. The van der Waals surface area contributed by atoms with Crippen molar-refractivity contribution in [1.29, 1.82) is 0 Å². The first-order chi connectivity index (χ1) is 9.41. The molecule has 0 aliphatic carbocycles. The van der Waals surface area contributed by atoms with Gasteiger partial charge in [-0.1, -0.05) is 15.9 Å². The van der Waals surface area contributed by atoms with Crippen molar-refractivity contribution in [3.05, 3.63) is 28.2 Å². The fourth-order valence-corrected chi connectivity index (χ4v) is 2.81. The van der Waals surface area contributed by atoms with Gasteiger partial charge in [0.2, 0.25) is 0 Å². The molecule has 20 heavy (non-hydrogen) atoms. The van der Waals surface area contributed by atoms with E-state index < -0.39 is 11.7 Å². The smallest absolute Gasteiger partial charge is 0.369 e. The molecular weight excluding hydrogens is 335 g/mol. The zero-order valence-corrected chi connectivity index (χ0v) is 12.5. The van der Waals surface area contributed by atoms with Crippen LogP contribution in [0.5, 0.6) is 0 Å². The Hall–Kier alpha value is -0.790. The summed E-state index contributed by atoms with van der Waals surface area (Å²) in [5.74, 6) is 0. The van der Waals surface area contributed by atoms with E-state index in [1.165, 1.54) is 12.1 Å². The topological polar surface area (TPSA) is 32.5 Å². The lowest BCUT2D eigenvalue weighted by molar-refractivity contribution is -0.138. The number of alkyl halides is 3. The Kier molecular flexibility index (Phi) is 4.93. The fraction of sp³-hybridized carbons (Fsp3) is 0.538. The lowest BCUT2D eigenvalue weighted by Crippen LogP contribution is -2.47. The maximum absolute atomic E-state index is 12.9. The second kappa shape index (κ2) is 6.32. The van der Waals surface area contributed by atoms with E-state index in [4.69, 9.17) is 5.73 Å². The Morgan fingerprint density at radius 1 is 1.15 bits per heavy atom. The summed E-state index contributed by atoms with van der Waals surface area (Å²) in [6, 6.07) is 4.39. The van der Waals surface area contributed by atoms with Crippen LogP contribution in [0, 0.1) is 0 Å². The minimum absolute atomic E-state index is 0.0792.